The van der Waals surface area contributed by atoms with E-state index < -0.39 is 0 Å². The number of rotatable bonds is 10. The van der Waals surface area contributed by atoms with Gasteiger partial charge in [-0.05, 0) is 27.9 Å². The molecular weight excluding hydrogens is 242 g/mol. The van der Waals surface area contributed by atoms with Gasteiger partial charge in [-0.2, -0.15) is 0 Å². The van der Waals surface area contributed by atoms with E-state index in [1.165, 1.54) is 0 Å². The second-order valence-electron chi connectivity index (χ2n) is 6.61. The molecule has 5 nitrogen and oxygen atoms in total. The summed E-state index contributed by atoms with van der Waals surface area (Å²) in [5.74, 6) is 0. The van der Waals surface area contributed by atoms with E-state index in [-0.39, 0.29) is 12.2 Å². The molecule has 0 aromatic rings. The molecule has 0 rings (SSSR count). The van der Waals surface area contributed by atoms with Gasteiger partial charge in [0, 0.05) is 26.2 Å². The van der Waals surface area contributed by atoms with Gasteiger partial charge in [0.15, 0.2) is 0 Å². The fraction of sp³-hybridized carbons (Fsp3) is 1.00. The molecule has 116 valence electrons. The number of quaternary nitrogens is 1. The van der Waals surface area contributed by atoms with Crippen molar-refractivity contribution in [1.29, 1.82) is 0 Å². The summed E-state index contributed by atoms with van der Waals surface area (Å²) < 4.78 is 0.839. The van der Waals surface area contributed by atoms with Crippen LogP contribution in [0, 0.1) is 0 Å². The number of aliphatic hydroxyl groups is 2. The summed E-state index contributed by atoms with van der Waals surface area (Å²) in [6, 6.07) is 0. The Balaban J connectivity index is 3.83. The molecule has 0 spiro atoms. The normalized spacial score (nSPS) is 16.1. The number of nitrogens with zero attached hydrogens (tertiary/aromatic N) is 3. The number of aliphatic hydroxyl groups excluding tert-OH is 2. The van der Waals surface area contributed by atoms with Crippen molar-refractivity contribution in [2.24, 2.45) is 0 Å². The first kappa shape index (κ1) is 18.8. The van der Waals surface area contributed by atoms with Gasteiger partial charge < -0.3 is 19.6 Å². The van der Waals surface area contributed by atoms with Gasteiger partial charge in [-0.3, -0.25) is 4.90 Å². The SMILES string of the molecule is CC(O)CN(C)CCN(C)CC[N+](C)(C)CC(C)O. The summed E-state index contributed by atoms with van der Waals surface area (Å²) in [4.78, 5) is 4.46. The number of hydrogen-bond donors (Lipinski definition) is 2. The van der Waals surface area contributed by atoms with Gasteiger partial charge in [0.1, 0.15) is 12.6 Å². The average molecular weight is 276 g/mol. The molecule has 19 heavy (non-hydrogen) atoms. The molecule has 2 atom stereocenters. The van der Waals surface area contributed by atoms with Crippen LogP contribution in [0.5, 0.6) is 0 Å². The van der Waals surface area contributed by atoms with Gasteiger partial charge in [0.2, 0.25) is 0 Å². The number of hydrogen-bond acceptors (Lipinski definition) is 4. The van der Waals surface area contributed by atoms with Crippen molar-refractivity contribution < 1.29 is 14.7 Å². The summed E-state index contributed by atoms with van der Waals surface area (Å²) >= 11 is 0. The average Bonchev–Trinajstić information content (AvgIpc) is 2.21. The Labute approximate surface area is 119 Å². The third-order valence-corrected chi connectivity index (χ3v) is 3.28. The molecule has 0 aromatic carbocycles. The highest BCUT2D eigenvalue weighted by Crippen LogP contribution is 2.00. The molecule has 0 aromatic heterocycles. The topological polar surface area (TPSA) is 46.9 Å². The fourth-order valence-electron chi connectivity index (χ4n) is 2.24. The van der Waals surface area contributed by atoms with Crippen LogP contribution in [0.2, 0.25) is 0 Å². The standard InChI is InChI=1S/C14H34N3O2/c1-13(18)11-16(4)8-7-15(3)9-10-17(5,6)12-14(2)19/h13-14,18-19H,7-12H2,1-6H3/q+1. The summed E-state index contributed by atoms with van der Waals surface area (Å²) in [6.07, 6.45) is -0.519. The van der Waals surface area contributed by atoms with E-state index in [2.05, 4.69) is 30.9 Å². The van der Waals surface area contributed by atoms with Crippen LogP contribution < -0.4 is 0 Å². The monoisotopic (exact) mass is 276 g/mol. The highest BCUT2D eigenvalue weighted by Gasteiger charge is 2.18. The highest BCUT2D eigenvalue weighted by molar-refractivity contribution is 4.60. The van der Waals surface area contributed by atoms with Gasteiger partial charge >= 0.3 is 0 Å². The Morgan fingerprint density at radius 2 is 1.42 bits per heavy atom. The van der Waals surface area contributed by atoms with E-state index in [1.54, 1.807) is 0 Å². The van der Waals surface area contributed by atoms with Crippen molar-refractivity contribution in [1.82, 2.24) is 9.80 Å². The molecule has 0 aliphatic heterocycles. The lowest BCUT2D eigenvalue weighted by Crippen LogP contribution is -2.49. The van der Waals surface area contributed by atoms with Crippen molar-refractivity contribution >= 4 is 0 Å². The van der Waals surface area contributed by atoms with Crippen molar-refractivity contribution in [3.05, 3.63) is 0 Å². The summed E-state index contributed by atoms with van der Waals surface area (Å²) in [5, 5.41) is 18.8. The Hall–Kier alpha value is -0.200. The predicted molar refractivity (Wildman–Crippen MR) is 80.2 cm³/mol. The van der Waals surface area contributed by atoms with Crippen LogP contribution in [0.15, 0.2) is 0 Å². The van der Waals surface area contributed by atoms with Crippen molar-refractivity contribution in [2.45, 2.75) is 26.1 Å². The first-order valence-electron chi connectivity index (χ1n) is 7.17. The Morgan fingerprint density at radius 1 is 0.895 bits per heavy atom. The van der Waals surface area contributed by atoms with Crippen LogP contribution >= 0.6 is 0 Å². The molecule has 0 aliphatic rings. The molecular formula is C14H34N3O2+. The van der Waals surface area contributed by atoms with Crippen molar-refractivity contribution in [2.75, 3.05) is 67.5 Å². The molecule has 0 bridgehead atoms. The fourth-order valence-corrected chi connectivity index (χ4v) is 2.24. The van der Waals surface area contributed by atoms with Gasteiger partial charge in [-0.1, -0.05) is 0 Å². The largest absolute Gasteiger partial charge is 0.392 e. The first-order valence-corrected chi connectivity index (χ1v) is 7.17. The maximum absolute atomic E-state index is 9.45. The minimum atomic E-state index is -0.267. The molecule has 2 unspecified atom stereocenters. The zero-order valence-corrected chi connectivity index (χ0v) is 13.6. The molecule has 0 aliphatic carbocycles. The molecule has 0 saturated carbocycles. The maximum atomic E-state index is 9.45. The highest BCUT2D eigenvalue weighted by atomic mass is 16.3. The zero-order valence-electron chi connectivity index (χ0n) is 13.6. The summed E-state index contributed by atoms with van der Waals surface area (Å²) in [5.41, 5.74) is 0. The van der Waals surface area contributed by atoms with Crippen molar-refractivity contribution in [3.63, 3.8) is 0 Å². The van der Waals surface area contributed by atoms with E-state index in [9.17, 15) is 10.2 Å². The van der Waals surface area contributed by atoms with E-state index in [4.69, 9.17) is 0 Å². The Morgan fingerprint density at radius 3 is 1.89 bits per heavy atom. The minimum Gasteiger partial charge on any atom is -0.392 e. The lowest BCUT2D eigenvalue weighted by Gasteiger charge is -2.33. The minimum absolute atomic E-state index is 0.252. The quantitative estimate of drug-likeness (QED) is 0.537. The molecule has 5 heteroatoms. The second kappa shape index (κ2) is 8.87. The molecule has 0 radical (unpaired) electrons. The van der Waals surface area contributed by atoms with Gasteiger partial charge in [-0.25, -0.2) is 0 Å². The van der Waals surface area contributed by atoms with Crippen LogP contribution in [0.1, 0.15) is 13.8 Å². The van der Waals surface area contributed by atoms with E-state index >= 15 is 0 Å². The van der Waals surface area contributed by atoms with Crippen LogP contribution in [-0.4, -0.2) is 104 Å². The zero-order chi connectivity index (χ0) is 15.1. The maximum Gasteiger partial charge on any atom is 0.104 e. The van der Waals surface area contributed by atoms with Gasteiger partial charge in [0.25, 0.3) is 0 Å². The Bertz CT molecular complexity index is 233. The third kappa shape index (κ3) is 11.3. The molecule has 2 N–H and O–H groups in total. The van der Waals surface area contributed by atoms with E-state index in [0.29, 0.717) is 0 Å². The predicted octanol–water partition coefficient (Wildman–Crippen LogP) is -0.312. The van der Waals surface area contributed by atoms with Crippen LogP contribution in [0.3, 0.4) is 0 Å². The molecule has 0 fully saturated rings. The van der Waals surface area contributed by atoms with Crippen LogP contribution in [0.4, 0.5) is 0 Å². The second-order valence-corrected chi connectivity index (χ2v) is 6.61. The smallest absolute Gasteiger partial charge is 0.104 e. The number of likely N-dealkylation sites (N-methyl/N-ethyl adjacent to an activating group) is 3. The van der Waals surface area contributed by atoms with Gasteiger partial charge in [0.05, 0.1) is 26.7 Å². The lowest BCUT2D eigenvalue weighted by molar-refractivity contribution is -0.892. The van der Waals surface area contributed by atoms with Crippen LogP contribution in [0.25, 0.3) is 0 Å². The third-order valence-electron chi connectivity index (χ3n) is 3.28. The van der Waals surface area contributed by atoms with Crippen LogP contribution in [-0.2, 0) is 0 Å². The van der Waals surface area contributed by atoms with Gasteiger partial charge in [-0.15, -0.1) is 0 Å². The molecule has 0 amide bonds. The van der Waals surface area contributed by atoms with Crippen molar-refractivity contribution in [3.8, 4) is 0 Å². The van der Waals surface area contributed by atoms with E-state index in [1.807, 2.05) is 20.9 Å². The molecule has 0 heterocycles. The Kier molecular flexibility index (Phi) is 8.78. The van der Waals surface area contributed by atoms with E-state index in [0.717, 1.165) is 43.8 Å². The summed E-state index contributed by atoms with van der Waals surface area (Å²) in [7, 11) is 8.47. The lowest BCUT2D eigenvalue weighted by atomic mass is 10.3. The molecule has 0 saturated heterocycles. The summed E-state index contributed by atoms with van der Waals surface area (Å²) in [6.45, 7) is 9.17. The first-order chi connectivity index (χ1) is 8.62.